The molecule has 7 rings (SSSR count). The molecular formula is C42H46O11S. The first-order valence-electron chi connectivity index (χ1n) is 18.2. The number of rotatable bonds is 4. The molecule has 2 fully saturated rings. The lowest BCUT2D eigenvalue weighted by molar-refractivity contribution is -0.128. The van der Waals surface area contributed by atoms with Crippen LogP contribution in [-0.4, -0.2) is 55.7 Å². The van der Waals surface area contributed by atoms with Crippen LogP contribution in [0.2, 0.25) is 0 Å². The van der Waals surface area contributed by atoms with Crippen LogP contribution in [0.1, 0.15) is 129 Å². The molecule has 6 atom stereocenters. The molecular weight excluding hydrogens is 713 g/mol. The Bertz CT molecular complexity index is 2340. The molecule has 0 radical (unpaired) electrons. The third-order valence-corrected chi connectivity index (χ3v) is 14.5. The first-order valence-corrected chi connectivity index (χ1v) is 19.7. The number of phenols is 7. The number of carbonyl (C=O) groups is 1. The van der Waals surface area contributed by atoms with E-state index in [1.54, 1.807) is 52.0 Å². The second-order valence-electron chi connectivity index (χ2n) is 16.2. The summed E-state index contributed by atoms with van der Waals surface area (Å²) in [6, 6.07) is 10.9. The number of ketones is 1. The van der Waals surface area contributed by atoms with Gasteiger partial charge in [-0.2, -0.15) is 8.42 Å². The quantitative estimate of drug-likeness (QED) is 0.101. The summed E-state index contributed by atoms with van der Waals surface area (Å²) in [6.45, 7) is 10.7. The summed E-state index contributed by atoms with van der Waals surface area (Å²) in [7, 11) is -4.46. The van der Waals surface area contributed by atoms with E-state index in [0.717, 1.165) is 12.5 Å². The van der Waals surface area contributed by atoms with Gasteiger partial charge in [0, 0.05) is 98.9 Å². The molecule has 3 aliphatic carbocycles. The Morgan fingerprint density at radius 1 is 0.574 bits per heavy atom. The molecule has 0 heterocycles. The van der Waals surface area contributed by atoms with E-state index in [1.807, 2.05) is 13.8 Å². The molecule has 0 saturated heterocycles. The van der Waals surface area contributed by atoms with Crippen LogP contribution in [0, 0.1) is 16.7 Å². The van der Waals surface area contributed by atoms with Crippen LogP contribution in [0.15, 0.2) is 48.5 Å². The van der Waals surface area contributed by atoms with Crippen molar-refractivity contribution in [3.05, 3.63) is 93.0 Å². The van der Waals surface area contributed by atoms with Crippen LogP contribution in [0.4, 0.5) is 0 Å². The molecule has 0 aromatic heterocycles. The third-order valence-electron chi connectivity index (χ3n) is 13.2. The zero-order chi connectivity index (χ0) is 39.4. The molecule has 4 unspecified atom stereocenters. The van der Waals surface area contributed by atoms with Gasteiger partial charge in [-0.3, -0.25) is 4.79 Å². The van der Waals surface area contributed by atoms with Crippen molar-refractivity contribution in [3.8, 4) is 46.0 Å². The molecule has 54 heavy (non-hydrogen) atoms. The van der Waals surface area contributed by atoms with Crippen LogP contribution < -0.4 is 4.18 Å². The Kier molecular flexibility index (Phi) is 8.60. The number of benzene rings is 4. The van der Waals surface area contributed by atoms with Crippen molar-refractivity contribution in [1.82, 2.24) is 0 Å². The number of fused-ring (bicyclic) bond motifs is 10. The molecule has 2 saturated carbocycles. The van der Waals surface area contributed by atoms with Crippen molar-refractivity contribution in [2.45, 2.75) is 84.5 Å². The summed E-state index contributed by atoms with van der Waals surface area (Å²) >= 11 is 0. The summed E-state index contributed by atoms with van der Waals surface area (Å²) in [5.74, 6) is -5.79. The largest absolute Gasteiger partial charge is 0.508 e. The van der Waals surface area contributed by atoms with Crippen LogP contribution in [-0.2, 0) is 14.9 Å². The molecule has 4 aromatic carbocycles. The fourth-order valence-electron chi connectivity index (χ4n) is 9.52. The lowest BCUT2D eigenvalue weighted by atomic mass is 9.70. The highest BCUT2D eigenvalue weighted by molar-refractivity contribution is 7.87. The number of hydrogen-bond donors (Lipinski definition) is 7. The average Bonchev–Trinajstić information content (AvgIpc) is 3.41. The predicted molar refractivity (Wildman–Crippen MR) is 200 cm³/mol. The van der Waals surface area contributed by atoms with E-state index in [1.165, 1.54) is 18.2 Å². The molecule has 12 heteroatoms. The summed E-state index contributed by atoms with van der Waals surface area (Å²) in [6.07, 6.45) is 1.47. The first-order chi connectivity index (χ1) is 25.2. The Balaban J connectivity index is 1.45. The van der Waals surface area contributed by atoms with E-state index in [9.17, 15) is 49.0 Å². The molecule has 0 amide bonds. The number of phenolic OH excluding ortho intramolecular Hbond substituents is 7. The van der Waals surface area contributed by atoms with Gasteiger partial charge < -0.3 is 39.9 Å². The van der Waals surface area contributed by atoms with Crippen molar-refractivity contribution < 1.29 is 53.1 Å². The van der Waals surface area contributed by atoms with Crippen LogP contribution in [0.5, 0.6) is 46.0 Å². The minimum atomic E-state index is -4.46. The van der Waals surface area contributed by atoms with Crippen molar-refractivity contribution in [3.63, 3.8) is 0 Å². The predicted octanol–water partition coefficient (Wildman–Crippen LogP) is 7.65. The molecule has 0 aliphatic heterocycles. The Morgan fingerprint density at radius 3 is 1.24 bits per heavy atom. The normalized spacial score (nSPS) is 25.8. The Labute approximate surface area is 314 Å². The van der Waals surface area contributed by atoms with E-state index < -0.39 is 50.4 Å². The molecule has 3 aliphatic rings. The van der Waals surface area contributed by atoms with Gasteiger partial charge in [0.2, 0.25) is 0 Å². The highest BCUT2D eigenvalue weighted by Crippen LogP contribution is 2.64. The van der Waals surface area contributed by atoms with Gasteiger partial charge in [-0.15, -0.1) is 0 Å². The molecule has 11 nitrogen and oxygen atoms in total. The van der Waals surface area contributed by atoms with E-state index in [-0.39, 0.29) is 74.4 Å². The number of hydrogen-bond acceptors (Lipinski definition) is 11. The number of Topliss-reactive ketones (excluding diaryl/α,β-unsaturated/α-hetero) is 1. The minimum absolute atomic E-state index is 0.0740. The SMILES string of the molecule is CC1c2cc(c(O)cc2O)C(C)c2cc(c(O)cc2O)C(C)c2cc(c(O)cc2OS(=O)(=O)C[C@]23CC[C@H](CC2=O)C3(C)C)C(C)c2cc1c(O)cc2O. The topological polar surface area (TPSA) is 202 Å². The van der Waals surface area contributed by atoms with Crippen LogP contribution in [0.3, 0.4) is 0 Å². The Hall–Kier alpha value is -5.10. The average molecular weight is 759 g/mol. The zero-order valence-corrected chi connectivity index (χ0v) is 31.8. The van der Waals surface area contributed by atoms with Crippen LogP contribution >= 0.6 is 0 Å². The first kappa shape index (κ1) is 37.2. The van der Waals surface area contributed by atoms with Gasteiger partial charge in [0.25, 0.3) is 0 Å². The third kappa shape index (κ3) is 5.59. The zero-order valence-electron chi connectivity index (χ0n) is 31.0. The maximum absolute atomic E-state index is 14.0. The lowest BCUT2D eigenvalue weighted by Crippen LogP contribution is -2.43. The van der Waals surface area contributed by atoms with Crippen molar-refractivity contribution in [2.24, 2.45) is 16.7 Å². The van der Waals surface area contributed by atoms with Gasteiger partial charge >= 0.3 is 10.1 Å². The second kappa shape index (κ2) is 12.5. The smallest absolute Gasteiger partial charge is 0.310 e. The standard InChI is InChI=1S/C42H46O11S/c1-19-24-10-25(33(44)14-32(24)43)20(2)28-12-29(37(48)16-36(28)47)22(4)31-13-30(21(3)27-11-26(19)34(45)15-35(27)46)38(49)17-39(31)53-54(51,52)18-42-8-7-23(9-40(42)50)41(42,5)6/h10-17,19-23,43-49H,7-9,18H2,1-6H3/t19?,20?,21?,22?,23-,42-/m1/s1. The number of carbonyl (C=O) groups excluding carboxylic acids is 1. The maximum atomic E-state index is 14.0. The van der Waals surface area contributed by atoms with Gasteiger partial charge in [0.1, 0.15) is 51.8 Å². The summed E-state index contributed by atoms with van der Waals surface area (Å²) < 4.78 is 33.9. The minimum Gasteiger partial charge on any atom is -0.508 e. The summed E-state index contributed by atoms with van der Waals surface area (Å²) in [4.78, 5) is 13.3. The van der Waals surface area contributed by atoms with Crippen molar-refractivity contribution >= 4 is 15.9 Å². The number of aromatic hydroxyl groups is 7. The second-order valence-corrected chi connectivity index (χ2v) is 17.8. The molecule has 4 aromatic rings. The van der Waals surface area contributed by atoms with Gasteiger partial charge in [0.15, 0.2) is 0 Å². The van der Waals surface area contributed by atoms with E-state index in [0.29, 0.717) is 40.7 Å². The summed E-state index contributed by atoms with van der Waals surface area (Å²) in [5, 5.41) is 78.2. The fourth-order valence-corrected chi connectivity index (χ4v) is 11.3. The van der Waals surface area contributed by atoms with Gasteiger partial charge in [-0.05, 0) is 48.4 Å². The molecule has 7 N–H and O–H groups in total. The van der Waals surface area contributed by atoms with Gasteiger partial charge in [-0.1, -0.05) is 41.5 Å². The molecule has 0 spiro atoms. The molecule has 286 valence electrons. The fraction of sp³-hybridized carbons (Fsp3) is 0.405. The van der Waals surface area contributed by atoms with E-state index in [2.05, 4.69) is 0 Å². The van der Waals surface area contributed by atoms with Crippen LogP contribution in [0.25, 0.3) is 0 Å². The lowest BCUT2D eigenvalue weighted by Gasteiger charge is -2.35. The monoisotopic (exact) mass is 758 g/mol. The Morgan fingerprint density at radius 2 is 0.907 bits per heavy atom. The van der Waals surface area contributed by atoms with Crippen molar-refractivity contribution in [2.75, 3.05) is 5.75 Å². The van der Waals surface area contributed by atoms with E-state index >= 15 is 0 Å². The van der Waals surface area contributed by atoms with Gasteiger partial charge in [0.05, 0.1) is 11.2 Å². The summed E-state index contributed by atoms with van der Waals surface area (Å²) in [5.41, 5.74) is 0.697. The van der Waals surface area contributed by atoms with Gasteiger partial charge in [-0.25, -0.2) is 0 Å². The molecule has 10 bridgehead atoms. The highest BCUT2D eigenvalue weighted by atomic mass is 32.2. The maximum Gasteiger partial charge on any atom is 0.310 e. The van der Waals surface area contributed by atoms with Crippen molar-refractivity contribution in [1.29, 1.82) is 0 Å². The highest BCUT2D eigenvalue weighted by Gasteiger charge is 2.65. The van der Waals surface area contributed by atoms with E-state index in [4.69, 9.17) is 4.18 Å².